The first-order valence-electron chi connectivity index (χ1n) is 14.2. The molecule has 2 aliphatic rings. The molecule has 2 fully saturated rings. The molecule has 0 spiro atoms. The van der Waals surface area contributed by atoms with E-state index in [2.05, 4.69) is 71.4 Å². The van der Waals surface area contributed by atoms with Gasteiger partial charge in [-0.15, -0.1) is 0 Å². The van der Waals surface area contributed by atoms with Crippen molar-refractivity contribution in [2.75, 3.05) is 61.6 Å². The predicted octanol–water partition coefficient (Wildman–Crippen LogP) is 5.40. The van der Waals surface area contributed by atoms with E-state index in [1.807, 2.05) is 30.3 Å². The van der Waals surface area contributed by atoms with Gasteiger partial charge in [0.2, 0.25) is 5.95 Å². The number of fused-ring (bicyclic) bond motifs is 1. The highest BCUT2D eigenvalue weighted by atomic mass is 16.5. The minimum atomic E-state index is 0.111. The fourth-order valence-corrected chi connectivity index (χ4v) is 5.28. The third-order valence-corrected chi connectivity index (χ3v) is 7.31. The molecule has 6 rings (SSSR count). The van der Waals surface area contributed by atoms with E-state index < -0.39 is 0 Å². The quantitative estimate of drug-likeness (QED) is 0.303. The number of hydrogen-bond acceptors (Lipinski definition) is 9. The molecule has 2 aliphatic heterocycles. The highest BCUT2D eigenvalue weighted by Gasteiger charge is 2.26. The summed E-state index contributed by atoms with van der Waals surface area (Å²) in [6.07, 6.45) is 4.41. The van der Waals surface area contributed by atoms with Crippen LogP contribution in [0.3, 0.4) is 0 Å². The van der Waals surface area contributed by atoms with Crippen LogP contribution in [0.25, 0.3) is 23.2 Å². The number of aromatic nitrogens is 3. The molecule has 0 saturated carbocycles. The summed E-state index contributed by atoms with van der Waals surface area (Å²) >= 11 is 0. The lowest BCUT2D eigenvalue weighted by atomic mass is 10.1. The summed E-state index contributed by atoms with van der Waals surface area (Å²) in [5.41, 5.74) is 3.86. The molecule has 0 bridgehead atoms. The molecule has 4 aromatic rings. The highest BCUT2D eigenvalue weighted by molar-refractivity contribution is 5.89. The van der Waals surface area contributed by atoms with Crippen LogP contribution in [-0.2, 0) is 9.47 Å². The van der Waals surface area contributed by atoms with Gasteiger partial charge >= 0.3 is 0 Å². The van der Waals surface area contributed by atoms with Crippen LogP contribution in [-0.4, -0.2) is 73.7 Å². The Balaban J connectivity index is 1.24. The number of anilines is 4. The molecule has 0 amide bonds. The normalized spacial score (nSPS) is 19.6. The molecule has 41 heavy (non-hydrogen) atoms. The van der Waals surface area contributed by atoms with Gasteiger partial charge in [-0.25, -0.2) is 4.98 Å². The maximum atomic E-state index is 5.95. The summed E-state index contributed by atoms with van der Waals surface area (Å²) in [6, 6.07) is 20.3. The number of hydrogen-bond donors (Lipinski definition) is 1. The summed E-state index contributed by atoms with van der Waals surface area (Å²) in [6.45, 7) is 8.63. The van der Waals surface area contributed by atoms with Gasteiger partial charge in [-0.2, -0.15) is 9.97 Å². The molecule has 2 aromatic heterocycles. The summed E-state index contributed by atoms with van der Waals surface area (Å²) in [7, 11) is 1.67. The second-order valence-electron chi connectivity index (χ2n) is 10.5. The lowest BCUT2D eigenvalue weighted by molar-refractivity contribution is -0.00570. The van der Waals surface area contributed by atoms with Crippen LogP contribution >= 0.6 is 0 Å². The van der Waals surface area contributed by atoms with E-state index >= 15 is 0 Å². The number of rotatable bonds is 7. The Labute approximate surface area is 240 Å². The smallest absolute Gasteiger partial charge is 0.229 e. The second kappa shape index (κ2) is 12.1. The number of benzene rings is 2. The first kappa shape index (κ1) is 27.0. The van der Waals surface area contributed by atoms with Gasteiger partial charge in [0, 0.05) is 31.9 Å². The van der Waals surface area contributed by atoms with E-state index in [9.17, 15) is 0 Å². The third-order valence-electron chi connectivity index (χ3n) is 7.31. The van der Waals surface area contributed by atoms with Gasteiger partial charge in [0.05, 0.1) is 37.9 Å². The monoisotopic (exact) mass is 552 g/mol. The van der Waals surface area contributed by atoms with Crippen LogP contribution < -0.4 is 19.9 Å². The summed E-state index contributed by atoms with van der Waals surface area (Å²) in [5.74, 6) is 3.19. The maximum absolute atomic E-state index is 5.95. The third kappa shape index (κ3) is 6.42. The lowest BCUT2D eigenvalue weighted by Crippen LogP contribution is -2.46. The molecule has 4 heterocycles. The fourth-order valence-electron chi connectivity index (χ4n) is 5.28. The molecule has 9 nitrogen and oxygen atoms in total. The van der Waals surface area contributed by atoms with Gasteiger partial charge in [0.25, 0.3) is 0 Å². The standard InChI is InChI=1S/C32H36N6O3/c1-22-20-38(21-23(2)41-22)32-35-30-28(31(36-32)37-16-18-40-19-17-37)14-15-29(34-30)33-26-10-6-24(7-11-26)4-5-25-8-12-27(39-3)13-9-25/h4-15,22-23H,16-21H2,1-3H3,(H,33,34,35,36)/b5-4+. The van der Waals surface area contributed by atoms with Crippen molar-refractivity contribution in [3.05, 3.63) is 71.8 Å². The average Bonchev–Trinajstić information content (AvgIpc) is 3.00. The zero-order valence-electron chi connectivity index (χ0n) is 23.8. The van der Waals surface area contributed by atoms with Gasteiger partial charge in [-0.3, -0.25) is 0 Å². The van der Waals surface area contributed by atoms with E-state index in [4.69, 9.17) is 29.2 Å². The molecule has 2 aromatic carbocycles. The average molecular weight is 553 g/mol. The van der Waals surface area contributed by atoms with Crippen LogP contribution in [0.1, 0.15) is 25.0 Å². The molecule has 2 unspecified atom stereocenters. The Morgan fingerprint density at radius 3 is 2.12 bits per heavy atom. The van der Waals surface area contributed by atoms with E-state index in [0.29, 0.717) is 24.8 Å². The Bertz CT molecular complexity index is 1490. The zero-order chi connectivity index (χ0) is 28.2. The minimum absolute atomic E-state index is 0.111. The van der Waals surface area contributed by atoms with E-state index in [1.54, 1.807) is 7.11 Å². The van der Waals surface area contributed by atoms with Crippen molar-refractivity contribution in [1.29, 1.82) is 0 Å². The predicted molar refractivity (Wildman–Crippen MR) is 164 cm³/mol. The molecule has 212 valence electrons. The van der Waals surface area contributed by atoms with Gasteiger partial charge in [-0.05, 0) is 61.4 Å². The lowest BCUT2D eigenvalue weighted by Gasteiger charge is -2.36. The summed E-state index contributed by atoms with van der Waals surface area (Å²) in [5, 5.41) is 4.38. The summed E-state index contributed by atoms with van der Waals surface area (Å²) in [4.78, 5) is 19.4. The number of nitrogens with one attached hydrogen (secondary N) is 1. The van der Waals surface area contributed by atoms with Crippen molar-refractivity contribution in [2.24, 2.45) is 0 Å². The molecule has 0 radical (unpaired) electrons. The van der Waals surface area contributed by atoms with Crippen molar-refractivity contribution in [3.8, 4) is 5.75 Å². The van der Waals surface area contributed by atoms with Crippen LogP contribution in [0.4, 0.5) is 23.3 Å². The number of ether oxygens (including phenoxy) is 3. The molecule has 2 saturated heterocycles. The van der Waals surface area contributed by atoms with E-state index in [1.165, 1.54) is 0 Å². The Hall–Kier alpha value is -4.21. The zero-order valence-corrected chi connectivity index (χ0v) is 23.8. The van der Waals surface area contributed by atoms with Crippen LogP contribution in [0.15, 0.2) is 60.7 Å². The summed E-state index contributed by atoms with van der Waals surface area (Å²) < 4.78 is 16.8. The second-order valence-corrected chi connectivity index (χ2v) is 10.5. The molecule has 9 heteroatoms. The van der Waals surface area contributed by atoms with Crippen LogP contribution in [0, 0.1) is 0 Å². The Morgan fingerprint density at radius 1 is 0.805 bits per heavy atom. The highest BCUT2D eigenvalue weighted by Crippen LogP contribution is 2.29. The van der Waals surface area contributed by atoms with Crippen molar-refractivity contribution < 1.29 is 14.2 Å². The number of methoxy groups -OCH3 is 1. The van der Waals surface area contributed by atoms with Gasteiger partial charge < -0.3 is 29.3 Å². The van der Waals surface area contributed by atoms with Gasteiger partial charge in [0.15, 0.2) is 5.65 Å². The van der Waals surface area contributed by atoms with Crippen molar-refractivity contribution in [1.82, 2.24) is 15.0 Å². The largest absolute Gasteiger partial charge is 0.497 e. The fraction of sp³-hybridized carbons (Fsp3) is 0.344. The number of morpholine rings is 2. The molecule has 0 aliphatic carbocycles. The maximum Gasteiger partial charge on any atom is 0.229 e. The molecule has 2 atom stereocenters. The number of nitrogens with zero attached hydrogens (tertiary/aromatic N) is 5. The van der Waals surface area contributed by atoms with E-state index in [0.717, 1.165) is 65.8 Å². The van der Waals surface area contributed by atoms with Gasteiger partial charge in [0.1, 0.15) is 17.4 Å². The molecular weight excluding hydrogens is 516 g/mol. The van der Waals surface area contributed by atoms with Gasteiger partial charge in [-0.1, -0.05) is 36.4 Å². The van der Waals surface area contributed by atoms with Crippen LogP contribution in [0.5, 0.6) is 5.75 Å². The molecule has 1 N–H and O–H groups in total. The Kier molecular flexibility index (Phi) is 7.98. The topological polar surface area (TPSA) is 84.9 Å². The van der Waals surface area contributed by atoms with Crippen molar-refractivity contribution >= 4 is 46.5 Å². The van der Waals surface area contributed by atoms with Crippen LogP contribution in [0.2, 0.25) is 0 Å². The van der Waals surface area contributed by atoms with Crippen molar-refractivity contribution in [3.63, 3.8) is 0 Å². The first-order chi connectivity index (χ1) is 20.0. The number of pyridine rings is 1. The Morgan fingerprint density at radius 2 is 1.46 bits per heavy atom. The first-order valence-corrected chi connectivity index (χ1v) is 14.2. The van der Waals surface area contributed by atoms with Crippen molar-refractivity contribution in [2.45, 2.75) is 26.1 Å². The van der Waals surface area contributed by atoms with E-state index in [-0.39, 0.29) is 12.2 Å². The minimum Gasteiger partial charge on any atom is -0.497 e. The molecular formula is C32H36N6O3. The SMILES string of the molecule is COc1ccc(/C=C/c2ccc(Nc3ccc4c(N5CCOCC5)nc(N5CC(C)OC(C)C5)nc4n3)cc2)cc1.